The summed E-state index contributed by atoms with van der Waals surface area (Å²) in [4.78, 5) is 10.3. The molecule has 5 heteroatoms. The number of fused-ring (bicyclic) bond motifs is 4. The number of nitrogens with zero attached hydrogens (tertiary/aromatic N) is 3. The van der Waals surface area contributed by atoms with E-state index in [4.69, 9.17) is 14.4 Å². The number of rotatable bonds is 5. The number of aromatic hydroxyl groups is 1. The molecular weight excluding hydrogens is 578 g/mol. The molecule has 0 aliphatic carbocycles. The lowest BCUT2D eigenvalue weighted by Crippen LogP contribution is -1.93. The molecule has 47 heavy (non-hydrogen) atoms. The first-order valence-corrected chi connectivity index (χ1v) is 15.6. The van der Waals surface area contributed by atoms with Crippen molar-refractivity contribution in [3.8, 4) is 61.9 Å². The van der Waals surface area contributed by atoms with Crippen molar-refractivity contribution in [2.45, 2.75) is 0 Å². The second-order valence-electron chi connectivity index (χ2n) is 11.6. The van der Waals surface area contributed by atoms with Gasteiger partial charge < -0.3 is 9.52 Å². The van der Waals surface area contributed by atoms with E-state index in [1.807, 2.05) is 78.9 Å². The van der Waals surface area contributed by atoms with Gasteiger partial charge in [0.05, 0.1) is 28.3 Å². The van der Waals surface area contributed by atoms with Gasteiger partial charge in [-0.2, -0.15) is 0 Å². The van der Waals surface area contributed by atoms with Gasteiger partial charge in [-0.05, 0) is 59.7 Å². The van der Waals surface area contributed by atoms with E-state index >= 15 is 0 Å². The summed E-state index contributed by atoms with van der Waals surface area (Å²) in [5.41, 5.74) is 11.2. The zero-order valence-electron chi connectivity index (χ0n) is 25.2. The van der Waals surface area contributed by atoms with Gasteiger partial charge in [-0.15, -0.1) is 0 Å². The molecule has 0 unspecified atom stereocenters. The van der Waals surface area contributed by atoms with E-state index in [1.165, 1.54) is 0 Å². The van der Waals surface area contributed by atoms with E-state index in [2.05, 4.69) is 77.3 Å². The van der Waals surface area contributed by atoms with Gasteiger partial charge in [0.1, 0.15) is 22.6 Å². The van der Waals surface area contributed by atoms with Crippen LogP contribution in [0.2, 0.25) is 0 Å². The highest BCUT2D eigenvalue weighted by atomic mass is 16.3. The van der Waals surface area contributed by atoms with E-state index in [0.717, 1.165) is 66.9 Å². The van der Waals surface area contributed by atoms with Crippen molar-refractivity contribution in [1.82, 2.24) is 14.4 Å². The molecule has 0 aliphatic heterocycles. The SMILES string of the molecule is Oc1ccc2c(oc3ccccc32)c1-c1cc(-c2ccccc2)cc(-c2cccc(-c3nc4ccccn4c3-c3ccccc3)c2)n1. The molecule has 1 N–H and O–H groups in total. The zero-order chi connectivity index (χ0) is 31.3. The van der Waals surface area contributed by atoms with Crippen molar-refractivity contribution < 1.29 is 9.52 Å². The molecule has 222 valence electrons. The highest BCUT2D eigenvalue weighted by Gasteiger charge is 2.20. The Bertz CT molecular complexity index is 2580. The average molecular weight is 606 g/mol. The fourth-order valence-corrected chi connectivity index (χ4v) is 6.52. The molecule has 0 radical (unpaired) electrons. The summed E-state index contributed by atoms with van der Waals surface area (Å²) in [5, 5.41) is 13.2. The first-order valence-electron chi connectivity index (χ1n) is 15.6. The van der Waals surface area contributed by atoms with E-state index < -0.39 is 0 Å². The third-order valence-corrected chi connectivity index (χ3v) is 8.72. The van der Waals surface area contributed by atoms with Crippen molar-refractivity contribution in [3.63, 3.8) is 0 Å². The second kappa shape index (κ2) is 10.9. The molecule has 5 aromatic carbocycles. The van der Waals surface area contributed by atoms with Crippen LogP contribution in [0.4, 0.5) is 0 Å². The Kier molecular flexibility index (Phi) is 6.22. The summed E-state index contributed by atoms with van der Waals surface area (Å²) >= 11 is 0. The summed E-state index contributed by atoms with van der Waals surface area (Å²) in [6.45, 7) is 0. The molecule has 0 saturated carbocycles. The maximum atomic E-state index is 11.3. The average Bonchev–Trinajstić information content (AvgIpc) is 3.71. The van der Waals surface area contributed by atoms with E-state index in [-0.39, 0.29) is 5.75 Å². The fraction of sp³-hybridized carbons (Fsp3) is 0. The van der Waals surface area contributed by atoms with Crippen molar-refractivity contribution in [2.75, 3.05) is 0 Å². The molecule has 0 bridgehead atoms. The van der Waals surface area contributed by atoms with Crippen molar-refractivity contribution in [3.05, 3.63) is 158 Å². The highest BCUT2D eigenvalue weighted by Crippen LogP contribution is 2.42. The Morgan fingerprint density at radius 1 is 0.511 bits per heavy atom. The van der Waals surface area contributed by atoms with Crippen molar-refractivity contribution in [2.24, 2.45) is 0 Å². The van der Waals surface area contributed by atoms with Crippen LogP contribution in [0, 0.1) is 0 Å². The lowest BCUT2D eigenvalue weighted by molar-refractivity contribution is 0.477. The summed E-state index contributed by atoms with van der Waals surface area (Å²) in [6, 6.07) is 50.8. The van der Waals surface area contributed by atoms with Crippen LogP contribution in [0.1, 0.15) is 0 Å². The zero-order valence-corrected chi connectivity index (χ0v) is 25.2. The fourth-order valence-electron chi connectivity index (χ4n) is 6.52. The van der Waals surface area contributed by atoms with Crippen LogP contribution in [0.5, 0.6) is 5.75 Å². The molecule has 9 rings (SSSR count). The number of pyridine rings is 2. The molecular formula is C42H27N3O2. The molecule has 0 aliphatic rings. The van der Waals surface area contributed by atoms with Crippen LogP contribution >= 0.6 is 0 Å². The Labute approximate surface area is 270 Å². The van der Waals surface area contributed by atoms with E-state index in [1.54, 1.807) is 6.07 Å². The standard InChI is InChI=1S/C42H27N3O2/c46-36-22-21-33-32-18-7-8-19-37(32)47-42(33)39(36)35-26-31(27-12-3-1-4-13-27)25-34(43-35)29-16-11-17-30(24-29)40-41(28-14-5-2-6-15-28)45-23-10-9-20-38(45)44-40/h1-26,46H. The Balaban J connectivity index is 1.26. The second-order valence-corrected chi connectivity index (χ2v) is 11.6. The summed E-state index contributed by atoms with van der Waals surface area (Å²) < 4.78 is 8.50. The van der Waals surface area contributed by atoms with Gasteiger partial charge in [-0.25, -0.2) is 9.97 Å². The Hall–Kier alpha value is -6.46. The molecule has 0 saturated heterocycles. The minimum Gasteiger partial charge on any atom is -0.507 e. The van der Waals surface area contributed by atoms with Gasteiger partial charge in [0.2, 0.25) is 0 Å². The summed E-state index contributed by atoms with van der Waals surface area (Å²) in [5.74, 6) is 0.117. The van der Waals surface area contributed by atoms with E-state index in [0.29, 0.717) is 16.8 Å². The molecule has 4 aromatic heterocycles. The third-order valence-electron chi connectivity index (χ3n) is 8.72. The number of benzene rings is 5. The molecule has 5 nitrogen and oxygen atoms in total. The van der Waals surface area contributed by atoms with Crippen LogP contribution in [-0.2, 0) is 0 Å². The maximum Gasteiger partial charge on any atom is 0.148 e. The largest absolute Gasteiger partial charge is 0.507 e. The van der Waals surface area contributed by atoms with Crippen LogP contribution in [0.15, 0.2) is 162 Å². The van der Waals surface area contributed by atoms with Gasteiger partial charge in [0, 0.05) is 33.7 Å². The van der Waals surface area contributed by atoms with E-state index in [9.17, 15) is 5.11 Å². The number of aromatic nitrogens is 3. The summed E-state index contributed by atoms with van der Waals surface area (Å²) in [6.07, 6.45) is 2.06. The number of imidazole rings is 1. The molecule has 0 spiro atoms. The van der Waals surface area contributed by atoms with Crippen LogP contribution in [0.3, 0.4) is 0 Å². The smallest absolute Gasteiger partial charge is 0.148 e. The number of phenolic OH excluding ortho intramolecular Hbond substituents is 1. The summed E-state index contributed by atoms with van der Waals surface area (Å²) in [7, 11) is 0. The number of hydrogen-bond acceptors (Lipinski definition) is 4. The molecule has 0 amide bonds. The van der Waals surface area contributed by atoms with Gasteiger partial charge in [-0.3, -0.25) is 4.40 Å². The number of phenols is 1. The van der Waals surface area contributed by atoms with Gasteiger partial charge in [0.25, 0.3) is 0 Å². The third kappa shape index (κ3) is 4.56. The first kappa shape index (κ1) is 26.9. The Morgan fingerprint density at radius 3 is 2.06 bits per heavy atom. The molecule has 4 heterocycles. The van der Waals surface area contributed by atoms with Gasteiger partial charge in [0.15, 0.2) is 0 Å². The predicted molar refractivity (Wildman–Crippen MR) is 189 cm³/mol. The quantitative estimate of drug-likeness (QED) is 0.212. The highest BCUT2D eigenvalue weighted by molar-refractivity contribution is 6.10. The van der Waals surface area contributed by atoms with Crippen molar-refractivity contribution >= 4 is 27.6 Å². The monoisotopic (exact) mass is 605 g/mol. The number of para-hydroxylation sites is 1. The van der Waals surface area contributed by atoms with Gasteiger partial charge in [-0.1, -0.05) is 103 Å². The number of hydrogen-bond donors (Lipinski definition) is 1. The molecule has 0 atom stereocenters. The Morgan fingerprint density at radius 2 is 1.21 bits per heavy atom. The predicted octanol–water partition coefficient (Wildman–Crippen LogP) is 10.7. The minimum atomic E-state index is 0.117. The van der Waals surface area contributed by atoms with Crippen LogP contribution in [-0.4, -0.2) is 19.5 Å². The first-order chi connectivity index (χ1) is 23.2. The lowest BCUT2D eigenvalue weighted by atomic mass is 9.97. The maximum absolute atomic E-state index is 11.3. The lowest BCUT2D eigenvalue weighted by Gasteiger charge is -2.12. The molecule has 9 aromatic rings. The van der Waals surface area contributed by atoms with Crippen LogP contribution in [0.25, 0.3) is 83.7 Å². The number of furan rings is 1. The van der Waals surface area contributed by atoms with Gasteiger partial charge >= 0.3 is 0 Å². The van der Waals surface area contributed by atoms with Crippen LogP contribution < -0.4 is 0 Å². The minimum absolute atomic E-state index is 0.117. The molecule has 0 fully saturated rings. The van der Waals surface area contributed by atoms with Crippen molar-refractivity contribution in [1.29, 1.82) is 0 Å². The topological polar surface area (TPSA) is 63.6 Å². The normalized spacial score (nSPS) is 11.5.